The maximum atomic E-state index is 13.0. The van der Waals surface area contributed by atoms with Crippen molar-refractivity contribution in [1.29, 1.82) is 5.26 Å². The first-order valence-electron chi connectivity index (χ1n) is 12.7. The molecule has 38 heavy (non-hydrogen) atoms. The van der Waals surface area contributed by atoms with Gasteiger partial charge < -0.3 is 20.5 Å². The van der Waals surface area contributed by atoms with E-state index in [0.717, 1.165) is 34.3 Å². The number of fused-ring (bicyclic) bond motifs is 3. The summed E-state index contributed by atoms with van der Waals surface area (Å²) in [6, 6.07) is 14.1. The van der Waals surface area contributed by atoms with Crippen LogP contribution in [0.3, 0.4) is 0 Å². The number of carbonyl (C=O) groups excluding carboxylic acids is 2. The van der Waals surface area contributed by atoms with Gasteiger partial charge in [0.2, 0.25) is 6.79 Å². The van der Waals surface area contributed by atoms with Gasteiger partial charge in [-0.05, 0) is 77.8 Å². The summed E-state index contributed by atoms with van der Waals surface area (Å²) in [6.45, 7) is 0.668. The summed E-state index contributed by atoms with van der Waals surface area (Å²) in [5, 5.41) is 12.1. The van der Waals surface area contributed by atoms with Crippen LogP contribution in [0.15, 0.2) is 70.8 Å². The van der Waals surface area contributed by atoms with Gasteiger partial charge in [0.15, 0.2) is 11.5 Å². The van der Waals surface area contributed by atoms with Crippen molar-refractivity contribution in [3.8, 4) is 17.6 Å². The zero-order valence-corrected chi connectivity index (χ0v) is 20.7. The van der Waals surface area contributed by atoms with Crippen LogP contribution < -0.4 is 20.5 Å². The number of allylic oxidation sites excluding steroid dienone is 3. The zero-order chi connectivity index (χ0) is 26.2. The van der Waals surface area contributed by atoms with Crippen molar-refractivity contribution in [2.75, 3.05) is 18.7 Å². The number of primary amides is 1. The summed E-state index contributed by atoms with van der Waals surface area (Å²) < 4.78 is 11.2. The molecule has 3 N–H and O–H groups in total. The van der Waals surface area contributed by atoms with E-state index < -0.39 is 5.91 Å². The van der Waals surface area contributed by atoms with E-state index in [-0.39, 0.29) is 24.5 Å². The van der Waals surface area contributed by atoms with Gasteiger partial charge >= 0.3 is 0 Å². The molecule has 2 unspecified atom stereocenters. The molecule has 0 saturated carbocycles. The minimum Gasteiger partial charge on any atom is -0.454 e. The second-order valence-corrected chi connectivity index (χ2v) is 9.76. The second kappa shape index (κ2) is 9.67. The third-order valence-corrected chi connectivity index (χ3v) is 7.51. The topological polar surface area (TPSA) is 127 Å². The molecule has 0 spiro atoms. The fourth-order valence-electron chi connectivity index (χ4n) is 5.65. The third-order valence-electron chi connectivity index (χ3n) is 7.51. The number of aliphatic imine (C=N–C) groups is 1. The average Bonchev–Trinajstić information content (AvgIpc) is 3.31. The van der Waals surface area contributed by atoms with Crippen LogP contribution in [0.2, 0.25) is 0 Å². The highest BCUT2D eigenvalue weighted by molar-refractivity contribution is 6.46. The zero-order valence-electron chi connectivity index (χ0n) is 20.7. The quantitative estimate of drug-likeness (QED) is 0.643. The molecule has 0 radical (unpaired) electrons. The lowest BCUT2D eigenvalue weighted by Gasteiger charge is -2.29. The number of anilines is 1. The second-order valence-electron chi connectivity index (χ2n) is 9.76. The standard InChI is InChI=1S/C30H26N4O4/c31-15-17-1-3-19(4-2-17)30(36)34-21-8-5-18-6-9-23-27(24(18)14-21)22(11-12-33-28(23)29(32)35)20-7-10-25-26(13-20)38-16-37-25/h1,3-5,7-8,10,13-14,17,22H,2,6,9,11-12,16H2,(H2,32,35)(H,34,36). The van der Waals surface area contributed by atoms with E-state index in [2.05, 4.69) is 16.4 Å². The minimum atomic E-state index is -0.525. The average molecular weight is 507 g/mol. The fourth-order valence-corrected chi connectivity index (χ4v) is 5.65. The summed E-state index contributed by atoms with van der Waals surface area (Å²) in [7, 11) is 0. The molecule has 2 heterocycles. The maximum absolute atomic E-state index is 13.0. The summed E-state index contributed by atoms with van der Waals surface area (Å²) in [5.41, 5.74) is 12.4. The molecule has 0 saturated heterocycles. The molecule has 4 aliphatic rings. The van der Waals surface area contributed by atoms with E-state index in [1.54, 1.807) is 18.2 Å². The van der Waals surface area contributed by atoms with E-state index in [0.29, 0.717) is 54.3 Å². The molecule has 2 aliphatic carbocycles. The van der Waals surface area contributed by atoms with Gasteiger partial charge in [-0.15, -0.1) is 0 Å². The van der Waals surface area contributed by atoms with Crippen LogP contribution in [0.1, 0.15) is 41.9 Å². The third kappa shape index (κ3) is 4.26. The van der Waals surface area contributed by atoms with Gasteiger partial charge in [-0.1, -0.05) is 30.4 Å². The van der Waals surface area contributed by atoms with Crippen LogP contribution in [0.25, 0.3) is 5.57 Å². The number of nitrogens with two attached hydrogens (primary N) is 1. The summed E-state index contributed by atoms with van der Waals surface area (Å²) in [6.07, 6.45) is 7.86. The lowest BCUT2D eigenvalue weighted by molar-refractivity contribution is -0.113. The van der Waals surface area contributed by atoms with E-state index in [9.17, 15) is 9.59 Å². The molecule has 0 fully saturated rings. The summed E-state index contributed by atoms with van der Waals surface area (Å²) >= 11 is 0. The van der Waals surface area contributed by atoms with Gasteiger partial charge in [0, 0.05) is 23.7 Å². The Balaban J connectivity index is 1.39. The van der Waals surface area contributed by atoms with Crippen molar-refractivity contribution < 1.29 is 19.1 Å². The molecule has 2 atom stereocenters. The van der Waals surface area contributed by atoms with Crippen molar-refractivity contribution in [3.05, 3.63) is 82.5 Å². The Bertz CT molecular complexity index is 1530. The molecule has 2 aromatic carbocycles. The Morgan fingerprint density at radius 1 is 1.11 bits per heavy atom. The van der Waals surface area contributed by atoms with Crippen molar-refractivity contribution in [1.82, 2.24) is 0 Å². The number of nitrogens with one attached hydrogen (secondary N) is 1. The van der Waals surface area contributed by atoms with Crippen LogP contribution in [0.5, 0.6) is 11.5 Å². The number of ether oxygens (including phenoxy) is 2. The molecular weight excluding hydrogens is 480 g/mol. The van der Waals surface area contributed by atoms with E-state index in [1.807, 2.05) is 36.4 Å². The number of rotatable bonds is 4. The van der Waals surface area contributed by atoms with Crippen molar-refractivity contribution >= 4 is 28.8 Å². The van der Waals surface area contributed by atoms with Crippen LogP contribution in [-0.4, -0.2) is 30.9 Å². The minimum absolute atomic E-state index is 0.0444. The lowest BCUT2D eigenvalue weighted by atomic mass is 9.75. The van der Waals surface area contributed by atoms with Crippen molar-refractivity contribution in [2.24, 2.45) is 16.6 Å². The highest BCUT2D eigenvalue weighted by Gasteiger charge is 2.33. The van der Waals surface area contributed by atoms with E-state index >= 15 is 0 Å². The molecule has 2 amide bonds. The number of hydrogen-bond donors (Lipinski definition) is 2. The lowest BCUT2D eigenvalue weighted by Crippen LogP contribution is -2.27. The molecule has 190 valence electrons. The van der Waals surface area contributed by atoms with Gasteiger partial charge in [-0.2, -0.15) is 5.26 Å². The predicted octanol–water partition coefficient (Wildman–Crippen LogP) is 4.19. The van der Waals surface area contributed by atoms with Crippen LogP contribution >= 0.6 is 0 Å². The van der Waals surface area contributed by atoms with Crippen molar-refractivity contribution in [2.45, 2.75) is 31.6 Å². The monoisotopic (exact) mass is 506 g/mol. The number of benzene rings is 2. The first-order chi connectivity index (χ1) is 18.5. The highest BCUT2D eigenvalue weighted by Crippen LogP contribution is 2.47. The normalized spacial score (nSPS) is 21.3. The van der Waals surface area contributed by atoms with Gasteiger partial charge in [0.1, 0.15) is 5.71 Å². The number of hydrogen-bond acceptors (Lipinski definition) is 6. The van der Waals surface area contributed by atoms with Gasteiger partial charge in [-0.25, -0.2) is 0 Å². The first kappa shape index (κ1) is 23.7. The Morgan fingerprint density at radius 2 is 1.97 bits per heavy atom. The number of aryl methyl sites for hydroxylation is 1. The predicted molar refractivity (Wildman–Crippen MR) is 143 cm³/mol. The van der Waals surface area contributed by atoms with E-state index in [4.69, 9.17) is 20.5 Å². The molecule has 8 nitrogen and oxygen atoms in total. The van der Waals surface area contributed by atoms with Crippen LogP contribution in [-0.2, 0) is 16.0 Å². The van der Waals surface area contributed by atoms with Crippen LogP contribution in [0, 0.1) is 17.2 Å². The molecule has 8 heteroatoms. The molecular formula is C30H26N4O4. The van der Waals surface area contributed by atoms with E-state index in [1.165, 1.54) is 0 Å². The van der Waals surface area contributed by atoms with Crippen molar-refractivity contribution in [3.63, 3.8) is 0 Å². The smallest absolute Gasteiger partial charge is 0.267 e. The molecule has 2 aliphatic heterocycles. The SMILES string of the molecule is N#CC1C=CC(C(=O)Nc2ccc3c(c2)C2=C(CC3)C(C(N)=O)=NCCC2c2ccc3c(c2)OCO3)=CC1. The largest absolute Gasteiger partial charge is 0.454 e. The number of amides is 2. The Labute approximate surface area is 220 Å². The van der Waals surface area contributed by atoms with Gasteiger partial charge in [0.25, 0.3) is 11.8 Å². The summed E-state index contributed by atoms with van der Waals surface area (Å²) in [4.78, 5) is 30.0. The Kier molecular flexibility index (Phi) is 6.04. The summed E-state index contributed by atoms with van der Waals surface area (Å²) in [5.74, 6) is 0.419. The highest BCUT2D eigenvalue weighted by atomic mass is 16.7. The fraction of sp³-hybridized carbons (Fsp3) is 0.267. The number of carbonyl (C=O) groups is 2. The number of nitrogens with zero attached hydrogens (tertiary/aromatic N) is 2. The maximum Gasteiger partial charge on any atom is 0.267 e. The van der Waals surface area contributed by atoms with Gasteiger partial charge in [0.05, 0.1) is 12.0 Å². The first-order valence-corrected chi connectivity index (χ1v) is 12.7. The van der Waals surface area contributed by atoms with Crippen LogP contribution in [0.4, 0.5) is 5.69 Å². The Hall–Kier alpha value is -4.64. The Morgan fingerprint density at radius 3 is 2.76 bits per heavy atom. The number of nitriles is 1. The van der Waals surface area contributed by atoms with Gasteiger partial charge in [-0.3, -0.25) is 14.6 Å². The molecule has 6 rings (SSSR count). The molecule has 0 aromatic heterocycles. The molecule has 2 aromatic rings. The molecule has 0 bridgehead atoms.